The first-order valence-electron chi connectivity index (χ1n) is 8.55. The van der Waals surface area contributed by atoms with Crippen LogP contribution in [0.3, 0.4) is 0 Å². The molecular formula is C19H22N2O5S. The summed E-state index contributed by atoms with van der Waals surface area (Å²) in [4.78, 5) is 12.6. The van der Waals surface area contributed by atoms with Gasteiger partial charge in [-0.15, -0.1) is 0 Å². The molecular weight excluding hydrogens is 368 g/mol. The lowest BCUT2D eigenvalue weighted by molar-refractivity contribution is -0.114. The van der Waals surface area contributed by atoms with Crippen molar-refractivity contribution in [3.05, 3.63) is 47.5 Å². The molecule has 0 aromatic heterocycles. The first-order valence-corrected chi connectivity index (χ1v) is 10.4. The highest BCUT2D eigenvalue weighted by molar-refractivity contribution is 7.92. The first-order chi connectivity index (χ1) is 12.8. The number of amides is 1. The summed E-state index contributed by atoms with van der Waals surface area (Å²) in [6.07, 6.45) is 1.82. The van der Waals surface area contributed by atoms with Gasteiger partial charge in [0.05, 0.1) is 11.9 Å². The van der Waals surface area contributed by atoms with Gasteiger partial charge in [0.15, 0.2) is 11.5 Å². The maximum absolute atomic E-state index is 12.6. The van der Waals surface area contributed by atoms with E-state index in [0.29, 0.717) is 17.2 Å². The third-order valence-corrected chi connectivity index (χ3v) is 5.48. The van der Waals surface area contributed by atoms with E-state index in [-0.39, 0.29) is 13.3 Å². The number of anilines is 2. The van der Waals surface area contributed by atoms with Crippen molar-refractivity contribution < 1.29 is 22.7 Å². The highest BCUT2D eigenvalue weighted by atomic mass is 32.2. The number of benzene rings is 2. The van der Waals surface area contributed by atoms with Crippen LogP contribution in [0.5, 0.6) is 11.5 Å². The van der Waals surface area contributed by atoms with E-state index in [1.54, 1.807) is 18.2 Å². The van der Waals surface area contributed by atoms with E-state index < -0.39 is 15.9 Å². The van der Waals surface area contributed by atoms with Crippen LogP contribution < -0.4 is 19.1 Å². The van der Waals surface area contributed by atoms with Crippen molar-refractivity contribution in [2.45, 2.75) is 20.3 Å². The van der Waals surface area contributed by atoms with Crippen molar-refractivity contribution >= 4 is 27.3 Å². The van der Waals surface area contributed by atoms with Crippen LogP contribution in [0.15, 0.2) is 36.4 Å². The Morgan fingerprint density at radius 2 is 1.93 bits per heavy atom. The maximum Gasteiger partial charge on any atom is 0.245 e. The van der Waals surface area contributed by atoms with E-state index in [2.05, 4.69) is 5.32 Å². The second kappa shape index (κ2) is 7.48. The summed E-state index contributed by atoms with van der Waals surface area (Å²) in [7, 11) is -3.67. The molecule has 1 N–H and O–H groups in total. The number of nitrogens with one attached hydrogen (secondary N) is 1. The molecule has 0 unspecified atom stereocenters. The summed E-state index contributed by atoms with van der Waals surface area (Å²) in [5, 5.41) is 2.85. The number of rotatable bonds is 6. The van der Waals surface area contributed by atoms with Gasteiger partial charge in [-0.1, -0.05) is 25.1 Å². The molecule has 1 aliphatic heterocycles. The van der Waals surface area contributed by atoms with Crippen LogP contribution in [0, 0.1) is 6.92 Å². The molecule has 0 saturated carbocycles. The van der Waals surface area contributed by atoms with E-state index in [1.165, 1.54) is 0 Å². The Labute approximate surface area is 158 Å². The number of fused-ring (bicyclic) bond motifs is 1. The van der Waals surface area contributed by atoms with Gasteiger partial charge in [-0.25, -0.2) is 8.42 Å². The van der Waals surface area contributed by atoms with Crippen molar-refractivity contribution in [3.8, 4) is 11.5 Å². The molecule has 0 fully saturated rings. The smallest absolute Gasteiger partial charge is 0.245 e. The Bertz CT molecular complexity index is 972. The lowest BCUT2D eigenvalue weighted by Crippen LogP contribution is -2.37. The molecule has 0 bridgehead atoms. The molecule has 8 heteroatoms. The van der Waals surface area contributed by atoms with Crippen LogP contribution in [-0.2, 0) is 21.2 Å². The second-order valence-electron chi connectivity index (χ2n) is 6.32. The molecule has 2 aromatic rings. The molecule has 0 spiro atoms. The Balaban J connectivity index is 1.85. The molecule has 0 atom stereocenters. The van der Waals surface area contributed by atoms with Crippen LogP contribution in [0.2, 0.25) is 0 Å². The fourth-order valence-electron chi connectivity index (χ4n) is 2.95. The van der Waals surface area contributed by atoms with Crippen molar-refractivity contribution in [1.29, 1.82) is 0 Å². The van der Waals surface area contributed by atoms with Crippen LogP contribution >= 0.6 is 0 Å². The molecule has 1 amide bonds. The number of hydrogen-bond acceptors (Lipinski definition) is 5. The maximum atomic E-state index is 12.6. The average molecular weight is 390 g/mol. The lowest BCUT2D eigenvalue weighted by Gasteiger charge is -2.23. The fourth-order valence-corrected chi connectivity index (χ4v) is 3.80. The number of carbonyl (C=O) groups excluding carboxylic acids is 1. The molecule has 0 saturated heterocycles. The minimum Gasteiger partial charge on any atom is -0.454 e. The molecule has 27 heavy (non-hydrogen) atoms. The van der Waals surface area contributed by atoms with Crippen LogP contribution in [0.25, 0.3) is 0 Å². The molecule has 2 aromatic carbocycles. The summed E-state index contributed by atoms with van der Waals surface area (Å²) in [6.45, 7) is 3.65. The third-order valence-electron chi connectivity index (χ3n) is 4.34. The number of ether oxygens (including phenoxy) is 2. The van der Waals surface area contributed by atoms with E-state index in [0.717, 1.165) is 33.8 Å². The normalized spacial score (nSPS) is 12.7. The average Bonchev–Trinajstić information content (AvgIpc) is 3.08. The molecule has 0 radical (unpaired) electrons. The number of para-hydroxylation sites is 1. The van der Waals surface area contributed by atoms with Crippen molar-refractivity contribution in [1.82, 2.24) is 0 Å². The quantitative estimate of drug-likeness (QED) is 0.820. The monoisotopic (exact) mass is 390 g/mol. The predicted octanol–water partition coefficient (Wildman–Crippen LogP) is 2.69. The molecule has 1 heterocycles. The standard InChI is InChI=1S/C19H22N2O5S/c1-4-14-7-5-6-13(2)19(14)20-18(22)11-21(27(3,23)24)15-8-9-16-17(10-15)26-12-25-16/h5-10H,4,11-12H2,1-3H3,(H,20,22). The summed E-state index contributed by atoms with van der Waals surface area (Å²) in [5.41, 5.74) is 3.00. The van der Waals surface area contributed by atoms with E-state index in [1.807, 2.05) is 32.0 Å². The molecule has 3 rings (SSSR count). The molecule has 7 nitrogen and oxygen atoms in total. The lowest BCUT2D eigenvalue weighted by atomic mass is 10.1. The van der Waals surface area contributed by atoms with Gasteiger partial charge in [-0.3, -0.25) is 9.10 Å². The van der Waals surface area contributed by atoms with Crippen molar-refractivity contribution in [2.24, 2.45) is 0 Å². The number of aryl methyl sites for hydroxylation is 2. The number of sulfonamides is 1. The molecule has 144 valence electrons. The third kappa shape index (κ3) is 4.16. The number of carbonyl (C=O) groups is 1. The summed E-state index contributed by atoms with van der Waals surface area (Å²) >= 11 is 0. The number of nitrogens with zero attached hydrogens (tertiary/aromatic N) is 1. The highest BCUT2D eigenvalue weighted by Crippen LogP contribution is 2.36. The van der Waals surface area contributed by atoms with Gasteiger partial charge in [-0.05, 0) is 36.6 Å². The summed E-state index contributed by atoms with van der Waals surface area (Å²) in [6, 6.07) is 10.5. The Kier molecular flexibility index (Phi) is 5.27. The van der Waals surface area contributed by atoms with Crippen LogP contribution in [-0.4, -0.2) is 33.9 Å². The number of hydrogen-bond donors (Lipinski definition) is 1. The van der Waals surface area contributed by atoms with Gasteiger partial charge in [0, 0.05) is 11.8 Å². The summed E-state index contributed by atoms with van der Waals surface area (Å²) < 4.78 is 36.2. The van der Waals surface area contributed by atoms with E-state index in [4.69, 9.17) is 9.47 Å². The van der Waals surface area contributed by atoms with Gasteiger partial charge < -0.3 is 14.8 Å². The minimum absolute atomic E-state index is 0.0885. The molecule has 0 aliphatic carbocycles. The Morgan fingerprint density at radius 1 is 1.19 bits per heavy atom. The van der Waals surface area contributed by atoms with Gasteiger partial charge in [0.2, 0.25) is 22.7 Å². The van der Waals surface area contributed by atoms with Gasteiger partial charge >= 0.3 is 0 Å². The van der Waals surface area contributed by atoms with Gasteiger partial charge in [0.1, 0.15) is 6.54 Å². The van der Waals surface area contributed by atoms with Gasteiger partial charge in [0.25, 0.3) is 0 Å². The highest BCUT2D eigenvalue weighted by Gasteiger charge is 2.24. The zero-order valence-corrected chi connectivity index (χ0v) is 16.3. The Hall–Kier alpha value is -2.74. The van der Waals surface area contributed by atoms with Crippen molar-refractivity contribution in [3.63, 3.8) is 0 Å². The largest absolute Gasteiger partial charge is 0.454 e. The Morgan fingerprint density at radius 3 is 2.63 bits per heavy atom. The second-order valence-corrected chi connectivity index (χ2v) is 8.22. The zero-order chi connectivity index (χ0) is 19.6. The van der Waals surface area contributed by atoms with Crippen LogP contribution in [0.4, 0.5) is 11.4 Å². The molecule has 1 aliphatic rings. The summed E-state index contributed by atoms with van der Waals surface area (Å²) in [5.74, 6) is 0.583. The van der Waals surface area contributed by atoms with Crippen molar-refractivity contribution in [2.75, 3.05) is 29.2 Å². The van der Waals surface area contributed by atoms with Crippen LogP contribution in [0.1, 0.15) is 18.1 Å². The van der Waals surface area contributed by atoms with E-state index >= 15 is 0 Å². The minimum atomic E-state index is -3.67. The topological polar surface area (TPSA) is 84.9 Å². The SMILES string of the molecule is CCc1cccc(C)c1NC(=O)CN(c1ccc2c(c1)OCO2)S(C)(=O)=O. The predicted molar refractivity (Wildman–Crippen MR) is 104 cm³/mol. The van der Waals surface area contributed by atoms with Gasteiger partial charge in [-0.2, -0.15) is 0 Å². The zero-order valence-electron chi connectivity index (χ0n) is 15.5. The first kappa shape index (κ1) is 19.0. The fraction of sp³-hybridized carbons (Fsp3) is 0.316. The van der Waals surface area contributed by atoms with E-state index in [9.17, 15) is 13.2 Å².